The van der Waals surface area contributed by atoms with Crippen LogP contribution in [0.25, 0.3) is 11.0 Å². The zero-order valence-electron chi connectivity index (χ0n) is 15.6. The minimum atomic E-state index is -0.945. The van der Waals surface area contributed by atoms with E-state index in [2.05, 4.69) is 9.47 Å². The van der Waals surface area contributed by atoms with Crippen LogP contribution >= 0.6 is 0 Å². The molecule has 1 heterocycles. The average molecular weight is 403 g/mol. The zero-order valence-corrected chi connectivity index (χ0v) is 15.6. The van der Waals surface area contributed by atoms with Gasteiger partial charge in [-0.1, -0.05) is 12.2 Å². The van der Waals surface area contributed by atoms with E-state index in [1.807, 2.05) is 0 Å². The van der Waals surface area contributed by atoms with Gasteiger partial charge in [0.15, 0.2) is 0 Å². The molecule has 0 aliphatic rings. The van der Waals surface area contributed by atoms with E-state index < -0.39 is 28.0 Å². The number of nitro groups is 1. The molecular weight excluding hydrogens is 386 g/mol. The molecule has 0 spiro atoms. The number of hydrogen-bond donors (Lipinski definition) is 0. The lowest BCUT2D eigenvalue weighted by Crippen LogP contribution is -2.41. The molecule has 0 saturated heterocycles. The summed E-state index contributed by atoms with van der Waals surface area (Å²) in [7, 11) is 2.37. The summed E-state index contributed by atoms with van der Waals surface area (Å²) in [5, 5.41) is 11.1. The molecule has 0 aliphatic heterocycles. The van der Waals surface area contributed by atoms with Crippen molar-refractivity contribution in [3.8, 4) is 0 Å². The van der Waals surface area contributed by atoms with Gasteiger partial charge in [-0.25, -0.2) is 9.59 Å². The van der Waals surface area contributed by atoms with E-state index in [0.29, 0.717) is 0 Å². The molecule has 0 fully saturated rings. The number of allylic oxidation sites excluding steroid dienone is 2. The average Bonchev–Trinajstić information content (AvgIpc) is 2.72. The lowest BCUT2D eigenvalue weighted by molar-refractivity contribution is -0.384. The lowest BCUT2D eigenvalue weighted by atomic mass is 10.2. The number of carbonyl (C=O) groups is 2. The first-order valence-corrected chi connectivity index (χ1v) is 8.21. The first-order chi connectivity index (χ1) is 13.8. The molecule has 0 N–H and O–H groups in total. The molecule has 0 unspecified atom stereocenters. The second-order valence-corrected chi connectivity index (χ2v) is 5.61. The van der Waals surface area contributed by atoms with Crippen LogP contribution in [0.4, 0.5) is 5.69 Å². The number of esters is 2. The van der Waals surface area contributed by atoms with Crippen LogP contribution in [0.5, 0.6) is 0 Å². The Balaban J connectivity index is 2.67. The zero-order chi connectivity index (χ0) is 21.6. The molecule has 152 valence electrons. The Morgan fingerprint density at radius 1 is 0.966 bits per heavy atom. The van der Waals surface area contributed by atoms with Crippen LogP contribution in [-0.4, -0.2) is 40.2 Å². The SMILES string of the molecule is COC(=O)C=CCn1c(=O)c(=O)n(CC=CC(=O)OC)c2cc([N+](=O)[O-])ccc21. The third kappa shape index (κ3) is 4.83. The van der Waals surface area contributed by atoms with E-state index in [4.69, 9.17) is 0 Å². The summed E-state index contributed by atoms with van der Waals surface area (Å²) in [6, 6.07) is 3.69. The maximum absolute atomic E-state index is 12.6. The Labute approximate surface area is 163 Å². The molecule has 0 radical (unpaired) electrons. The molecule has 1 aromatic heterocycles. The molecule has 29 heavy (non-hydrogen) atoms. The van der Waals surface area contributed by atoms with Crippen molar-refractivity contribution in [2.24, 2.45) is 0 Å². The second-order valence-electron chi connectivity index (χ2n) is 5.61. The predicted octanol–water partition coefficient (Wildman–Crippen LogP) is 0.530. The van der Waals surface area contributed by atoms with E-state index >= 15 is 0 Å². The van der Waals surface area contributed by atoms with Gasteiger partial charge in [0, 0.05) is 37.4 Å². The molecule has 11 heteroatoms. The number of benzene rings is 1. The number of methoxy groups -OCH3 is 2. The summed E-state index contributed by atoms with van der Waals surface area (Å²) in [5.41, 5.74) is -1.77. The van der Waals surface area contributed by atoms with Crippen LogP contribution in [0.1, 0.15) is 0 Å². The largest absolute Gasteiger partial charge is 0.466 e. The Kier molecular flexibility index (Phi) is 6.80. The van der Waals surface area contributed by atoms with Crippen LogP contribution < -0.4 is 11.1 Å². The van der Waals surface area contributed by atoms with Crippen LogP contribution in [0.3, 0.4) is 0 Å². The van der Waals surface area contributed by atoms with Crippen molar-refractivity contribution in [3.05, 3.63) is 73.3 Å². The fourth-order valence-corrected chi connectivity index (χ4v) is 2.53. The van der Waals surface area contributed by atoms with E-state index in [1.165, 1.54) is 38.5 Å². The third-order valence-corrected chi connectivity index (χ3v) is 3.91. The summed E-state index contributed by atoms with van der Waals surface area (Å²) < 4.78 is 11.0. The fraction of sp³-hybridized carbons (Fsp3) is 0.222. The Morgan fingerprint density at radius 2 is 1.45 bits per heavy atom. The Morgan fingerprint density at radius 3 is 1.90 bits per heavy atom. The summed E-state index contributed by atoms with van der Waals surface area (Å²) in [4.78, 5) is 58.0. The molecule has 0 bridgehead atoms. The highest BCUT2D eigenvalue weighted by Gasteiger charge is 2.16. The van der Waals surface area contributed by atoms with Crippen LogP contribution in [-0.2, 0) is 32.2 Å². The van der Waals surface area contributed by atoms with Gasteiger partial charge in [-0.15, -0.1) is 0 Å². The van der Waals surface area contributed by atoms with E-state index in [-0.39, 0.29) is 29.8 Å². The van der Waals surface area contributed by atoms with Gasteiger partial charge in [-0.2, -0.15) is 0 Å². The second kappa shape index (κ2) is 9.26. The molecule has 2 rings (SSSR count). The van der Waals surface area contributed by atoms with Crippen molar-refractivity contribution >= 4 is 28.7 Å². The number of hydrogen-bond acceptors (Lipinski definition) is 8. The molecule has 2 aromatic rings. The summed E-state index contributed by atoms with van der Waals surface area (Å²) >= 11 is 0. The monoisotopic (exact) mass is 403 g/mol. The first kappa shape index (κ1) is 21.3. The minimum absolute atomic E-state index is 0.116. The number of nitro benzene ring substituents is 1. The summed E-state index contributed by atoms with van der Waals surface area (Å²) in [5.74, 6) is -1.30. The van der Waals surface area contributed by atoms with Gasteiger partial charge >= 0.3 is 23.1 Å². The Bertz CT molecular complexity index is 1140. The number of carbonyl (C=O) groups excluding carboxylic acids is 2. The van der Waals surface area contributed by atoms with Crippen LogP contribution in [0.2, 0.25) is 0 Å². The minimum Gasteiger partial charge on any atom is -0.466 e. The highest BCUT2D eigenvalue weighted by molar-refractivity contribution is 5.82. The molecule has 0 saturated carbocycles. The van der Waals surface area contributed by atoms with Gasteiger partial charge < -0.3 is 9.47 Å². The van der Waals surface area contributed by atoms with Gasteiger partial charge in [0.2, 0.25) is 0 Å². The maximum atomic E-state index is 12.6. The first-order valence-electron chi connectivity index (χ1n) is 8.21. The predicted molar refractivity (Wildman–Crippen MR) is 101 cm³/mol. The lowest BCUT2D eigenvalue weighted by Gasteiger charge is -2.13. The number of ether oxygens (including phenoxy) is 2. The third-order valence-electron chi connectivity index (χ3n) is 3.91. The number of nitrogens with zero attached hydrogens (tertiary/aromatic N) is 3. The van der Waals surface area contributed by atoms with E-state index in [1.54, 1.807) is 0 Å². The summed E-state index contributed by atoms with van der Waals surface area (Å²) in [6.07, 6.45) is 4.79. The fourth-order valence-electron chi connectivity index (χ4n) is 2.53. The number of aromatic nitrogens is 2. The van der Waals surface area contributed by atoms with E-state index in [0.717, 1.165) is 27.4 Å². The quantitative estimate of drug-likeness (QED) is 0.214. The van der Waals surface area contributed by atoms with Gasteiger partial charge in [0.1, 0.15) is 0 Å². The number of rotatable bonds is 7. The molecule has 0 atom stereocenters. The van der Waals surface area contributed by atoms with Crippen molar-refractivity contribution < 1.29 is 24.0 Å². The van der Waals surface area contributed by atoms with Crippen molar-refractivity contribution in [3.63, 3.8) is 0 Å². The molecule has 0 aliphatic carbocycles. The highest BCUT2D eigenvalue weighted by atomic mass is 16.6. The Hall–Kier alpha value is -4.02. The molecule has 1 aromatic carbocycles. The van der Waals surface area contributed by atoms with Gasteiger partial charge in [0.25, 0.3) is 5.69 Å². The van der Waals surface area contributed by atoms with Gasteiger partial charge in [0.05, 0.1) is 30.2 Å². The topological polar surface area (TPSA) is 140 Å². The number of non-ortho nitro benzene ring substituents is 1. The summed E-state index contributed by atoms with van der Waals surface area (Å²) in [6.45, 7) is -0.310. The van der Waals surface area contributed by atoms with Crippen molar-refractivity contribution in [1.29, 1.82) is 0 Å². The van der Waals surface area contributed by atoms with Crippen molar-refractivity contribution in [2.45, 2.75) is 13.1 Å². The molecular formula is C18H17N3O8. The van der Waals surface area contributed by atoms with Crippen LogP contribution in [0, 0.1) is 10.1 Å². The smallest absolute Gasteiger partial charge is 0.330 e. The highest BCUT2D eigenvalue weighted by Crippen LogP contribution is 2.19. The van der Waals surface area contributed by atoms with Crippen molar-refractivity contribution in [1.82, 2.24) is 9.13 Å². The number of fused-ring (bicyclic) bond motifs is 1. The normalized spacial score (nSPS) is 11.2. The van der Waals surface area contributed by atoms with E-state index in [9.17, 15) is 29.3 Å². The standard InChI is InChI=1S/C18H17N3O8/c1-28-15(22)5-3-9-19-13-8-7-12(21(26)27)11-14(13)20(18(25)17(19)24)10-4-6-16(23)29-2/h3-8,11H,9-10H2,1-2H3. The van der Waals surface area contributed by atoms with Gasteiger partial charge in [-0.3, -0.25) is 28.8 Å². The van der Waals surface area contributed by atoms with Gasteiger partial charge in [-0.05, 0) is 6.07 Å². The van der Waals surface area contributed by atoms with Crippen molar-refractivity contribution in [2.75, 3.05) is 14.2 Å². The maximum Gasteiger partial charge on any atom is 0.330 e. The molecule has 11 nitrogen and oxygen atoms in total. The van der Waals surface area contributed by atoms with Crippen LogP contribution in [0.15, 0.2) is 52.1 Å². The molecule has 0 amide bonds.